The molecule has 3 aromatic heterocycles. The number of carbonyl (C=O) groups excluding carboxylic acids is 1. The summed E-state index contributed by atoms with van der Waals surface area (Å²) in [5.41, 5.74) is 1.56. The largest absolute Gasteiger partial charge is 0.445 e. The number of aromatic nitrogens is 2. The van der Waals surface area contributed by atoms with Crippen molar-refractivity contribution in [3.8, 4) is 16.9 Å². The van der Waals surface area contributed by atoms with Gasteiger partial charge in [0.1, 0.15) is 12.0 Å². The Morgan fingerprint density at radius 2 is 1.81 bits per heavy atom. The Bertz CT molecular complexity index is 1140. The minimum absolute atomic E-state index is 0.167. The molecule has 0 radical (unpaired) electrons. The smallest absolute Gasteiger partial charge is 0.345 e. The monoisotopic (exact) mass is 344 g/mol. The summed E-state index contributed by atoms with van der Waals surface area (Å²) in [7, 11) is 0. The molecule has 1 aromatic carbocycles. The molecule has 0 spiro atoms. The number of pyridine rings is 2. The number of hydrogen-bond donors (Lipinski definition) is 0. The Morgan fingerprint density at radius 3 is 2.58 bits per heavy atom. The first-order valence-electron chi connectivity index (χ1n) is 7.81. The van der Waals surface area contributed by atoms with Crippen LogP contribution in [0.25, 0.3) is 22.2 Å². The first-order chi connectivity index (χ1) is 12.7. The molecule has 4 aromatic rings. The van der Waals surface area contributed by atoms with E-state index in [1.165, 1.54) is 12.5 Å². The van der Waals surface area contributed by atoms with Crippen molar-refractivity contribution in [2.24, 2.45) is 0 Å². The zero-order chi connectivity index (χ0) is 17.9. The van der Waals surface area contributed by atoms with Crippen LogP contribution in [0, 0.1) is 0 Å². The van der Waals surface area contributed by atoms with Crippen LogP contribution in [-0.4, -0.2) is 15.9 Å². The van der Waals surface area contributed by atoms with Crippen LogP contribution in [0.5, 0.6) is 5.75 Å². The van der Waals surface area contributed by atoms with Crippen molar-refractivity contribution >= 4 is 17.1 Å². The quantitative estimate of drug-likeness (QED) is 0.418. The Kier molecular flexibility index (Phi) is 3.99. The molecule has 0 aliphatic carbocycles. The Morgan fingerprint density at radius 1 is 1.00 bits per heavy atom. The van der Waals surface area contributed by atoms with Gasteiger partial charge in [-0.05, 0) is 42.0 Å². The molecule has 0 unspecified atom stereocenters. The molecule has 0 bridgehead atoms. The summed E-state index contributed by atoms with van der Waals surface area (Å²) in [5, 5.41) is 0.414. The van der Waals surface area contributed by atoms with Crippen molar-refractivity contribution in [1.29, 1.82) is 0 Å². The molecule has 4 rings (SSSR count). The molecule has 26 heavy (non-hydrogen) atoms. The van der Waals surface area contributed by atoms with Gasteiger partial charge in [0.15, 0.2) is 0 Å². The van der Waals surface area contributed by atoms with E-state index in [1.54, 1.807) is 60.9 Å². The summed E-state index contributed by atoms with van der Waals surface area (Å²) >= 11 is 0. The van der Waals surface area contributed by atoms with Crippen molar-refractivity contribution in [3.63, 3.8) is 0 Å². The summed E-state index contributed by atoms with van der Waals surface area (Å²) in [6.07, 6.45) is 5.96. The molecule has 6 nitrogen and oxygen atoms in total. The average Bonchev–Trinajstić information content (AvgIpc) is 2.70. The molecule has 0 fully saturated rings. The van der Waals surface area contributed by atoms with Crippen molar-refractivity contribution in [2.45, 2.75) is 0 Å². The van der Waals surface area contributed by atoms with E-state index in [-0.39, 0.29) is 5.43 Å². The van der Waals surface area contributed by atoms with Gasteiger partial charge >= 0.3 is 5.97 Å². The van der Waals surface area contributed by atoms with Gasteiger partial charge < -0.3 is 9.15 Å². The predicted octanol–water partition coefficient (Wildman–Crippen LogP) is 3.47. The number of nitrogens with zero attached hydrogens (tertiary/aromatic N) is 2. The van der Waals surface area contributed by atoms with Gasteiger partial charge in [0.05, 0.1) is 16.5 Å². The van der Waals surface area contributed by atoms with Gasteiger partial charge in [0.25, 0.3) is 0 Å². The Hall–Kier alpha value is -3.80. The zero-order valence-electron chi connectivity index (χ0n) is 13.5. The van der Waals surface area contributed by atoms with Crippen LogP contribution < -0.4 is 10.2 Å². The van der Waals surface area contributed by atoms with E-state index in [4.69, 9.17) is 9.15 Å². The summed E-state index contributed by atoms with van der Waals surface area (Å²) in [6.45, 7) is 0. The number of hydrogen-bond acceptors (Lipinski definition) is 6. The van der Waals surface area contributed by atoms with Crippen molar-refractivity contribution in [3.05, 3.63) is 89.2 Å². The number of carbonyl (C=O) groups is 1. The molecule has 0 aliphatic heterocycles. The van der Waals surface area contributed by atoms with E-state index >= 15 is 0 Å². The lowest BCUT2D eigenvalue weighted by molar-refractivity contribution is 0.0734. The van der Waals surface area contributed by atoms with Gasteiger partial charge in [-0.15, -0.1) is 0 Å². The van der Waals surface area contributed by atoms with E-state index in [0.29, 0.717) is 33.5 Å². The highest BCUT2D eigenvalue weighted by molar-refractivity contribution is 5.90. The van der Waals surface area contributed by atoms with Gasteiger partial charge in [-0.25, -0.2) is 9.78 Å². The SMILES string of the molecule is O=C(Oc1ccc(-c2coc3ncccc3c2=O)cc1)c1cccnc1. The van der Waals surface area contributed by atoms with E-state index < -0.39 is 5.97 Å². The molecular weight excluding hydrogens is 332 g/mol. The van der Waals surface area contributed by atoms with Gasteiger partial charge in [-0.3, -0.25) is 9.78 Å². The first kappa shape index (κ1) is 15.7. The molecule has 0 atom stereocenters. The summed E-state index contributed by atoms with van der Waals surface area (Å²) in [4.78, 5) is 32.5. The third-order valence-corrected chi connectivity index (χ3v) is 3.82. The lowest BCUT2D eigenvalue weighted by atomic mass is 10.1. The lowest BCUT2D eigenvalue weighted by Gasteiger charge is -2.06. The number of rotatable bonds is 3. The third kappa shape index (κ3) is 2.95. The second-order valence-corrected chi connectivity index (χ2v) is 5.49. The Labute approximate surface area is 147 Å². The van der Waals surface area contributed by atoms with Gasteiger partial charge in [0.2, 0.25) is 11.1 Å². The maximum atomic E-state index is 12.6. The summed E-state index contributed by atoms with van der Waals surface area (Å²) in [5.74, 6) is -0.128. The van der Waals surface area contributed by atoms with Gasteiger partial charge in [-0.1, -0.05) is 12.1 Å². The van der Waals surface area contributed by atoms with Crippen molar-refractivity contribution < 1.29 is 13.9 Å². The maximum absolute atomic E-state index is 12.6. The summed E-state index contributed by atoms with van der Waals surface area (Å²) < 4.78 is 10.7. The normalized spacial score (nSPS) is 10.6. The number of esters is 1. The number of benzene rings is 1. The van der Waals surface area contributed by atoms with Crippen LogP contribution in [0.3, 0.4) is 0 Å². The standard InChI is InChI=1S/C20H12N2O4/c23-18-16-4-2-10-22-19(16)25-12-17(18)13-5-7-15(8-6-13)26-20(24)14-3-1-9-21-11-14/h1-12H. The number of ether oxygens (including phenoxy) is 1. The zero-order valence-corrected chi connectivity index (χ0v) is 13.5. The van der Waals surface area contributed by atoms with E-state index in [1.807, 2.05) is 0 Å². The maximum Gasteiger partial charge on any atom is 0.345 e. The van der Waals surface area contributed by atoms with Crippen molar-refractivity contribution in [1.82, 2.24) is 9.97 Å². The fourth-order valence-electron chi connectivity index (χ4n) is 2.52. The van der Waals surface area contributed by atoms with Gasteiger partial charge in [0, 0.05) is 18.6 Å². The van der Waals surface area contributed by atoms with Crippen LogP contribution in [0.4, 0.5) is 0 Å². The molecule has 6 heteroatoms. The molecule has 0 amide bonds. The third-order valence-electron chi connectivity index (χ3n) is 3.82. The Balaban J connectivity index is 1.61. The fraction of sp³-hybridized carbons (Fsp3) is 0. The molecule has 0 saturated carbocycles. The van der Waals surface area contributed by atoms with Gasteiger partial charge in [-0.2, -0.15) is 0 Å². The van der Waals surface area contributed by atoms with Crippen LogP contribution >= 0.6 is 0 Å². The van der Waals surface area contributed by atoms with E-state index in [2.05, 4.69) is 9.97 Å². The topological polar surface area (TPSA) is 82.3 Å². The first-order valence-corrected chi connectivity index (χ1v) is 7.81. The predicted molar refractivity (Wildman–Crippen MR) is 94.9 cm³/mol. The molecule has 0 saturated heterocycles. The average molecular weight is 344 g/mol. The highest BCUT2D eigenvalue weighted by Crippen LogP contribution is 2.22. The molecular formula is C20H12N2O4. The van der Waals surface area contributed by atoms with E-state index in [0.717, 1.165) is 0 Å². The lowest BCUT2D eigenvalue weighted by Crippen LogP contribution is -2.08. The molecule has 3 heterocycles. The van der Waals surface area contributed by atoms with Crippen LogP contribution in [0.2, 0.25) is 0 Å². The van der Waals surface area contributed by atoms with Crippen molar-refractivity contribution in [2.75, 3.05) is 0 Å². The van der Waals surface area contributed by atoms with Crippen LogP contribution in [0.1, 0.15) is 10.4 Å². The molecule has 0 N–H and O–H groups in total. The number of fused-ring (bicyclic) bond motifs is 1. The molecule has 0 aliphatic rings. The minimum Gasteiger partial charge on any atom is -0.445 e. The second-order valence-electron chi connectivity index (χ2n) is 5.49. The molecule has 126 valence electrons. The highest BCUT2D eigenvalue weighted by atomic mass is 16.5. The highest BCUT2D eigenvalue weighted by Gasteiger charge is 2.11. The van der Waals surface area contributed by atoms with E-state index in [9.17, 15) is 9.59 Å². The summed E-state index contributed by atoms with van der Waals surface area (Å²) in [6, 6.07) is 13.3. The van der Waals surface area contributed by atoms with Crippen LogP contribution in [-0.2, 0) is 0 Å². The fourth-order valence-corrected chi connectivity index (χ4v) is 2.52. The minimum atomic E-state index is -0.498. The van der Waals surface area contributed by atoms with Crippen LogP contribution in [0.15, 0.2) is 82.6 Å². The second kappa shape index (κ2) is 6.60.